The number of hydrogen-bond acceptors (Lipinski definition) is 4. The van der Waals surface area contributed by atoms with E-state index in [-0.39, 0.29) is 5.03 Å². The Hall–Kier alpha value is -0.920. The van der Waals surface area contributed by atoms with Crippen LogP contribution in [0.3, 0.4) is 0 Å². The average molecular weight is 256 g/mol. The molecule has 6 nitrogen and oxygen atoms in total. The zero-order chi connectivity index (χ0) is 11.9. The van der Waals surface area contributed by atoms with Gasteiger partial charge >= 0.3 is 0 Å². The maximum atomic E-state index is 12.3. The van der Waals surface area contributed by atoms with Crippen molar-refractivity contribution in [2.75, 3.05) is 19.6 Å². The third kappa shape index (κ3) is 1.88. The van der Waals surface area contributed by atoms with Crippen LogP contribution in [0.25, 0.3) is 0 Å². The van der Waals surface area contributed by atoms with Crippen LogP contribution in [0, 0.1) is 5.92 Å². The standard InChI is InChI=1S/C10H16N4O2S/c15-17(16,10-4-11-7-13-10)14-5-8-2-1-3-12-9(8)6-14/h4,7-9,12H,1-3,5-6H2,(H,11,13)/t8-,9+/m0/s1. The van der Waals surface area contributed by atoms with Crippen molar-refractivity contribution in [1.29, 1.82) is 0 Å². The molecule has 17 heavy (non-hydrogen) atoms. The predicted octanol–water partition coefficient (Wildman–Crippen LogP) is -0.218. The first-order valence-corrected chi connectivity index (χ1v) is 7.34. The number of rotatable bonds is 2. The van der Waals surface area contributed by atoms with E-state index >= 15 is 0 Å². The molecule has 0 spiro atoms. The van der Waals surface area contributed by atoms with Crippen molar-refractivity contribution in [3.63, 3.8) is 0 Å². The molecule has 2 aliphatic rings. The molecule has 1 aromatic rings. The van der Waals surface area contributed by atoms with Gasteiger partial charge < -0.3 is 10.3 Å². The number of H-pyrrole nitrogens is 1. The highest BCUT2D eigenvalue weighted by Gasteiger charge is 2.40. The number of nitrogens with zero attached hydrogens (tertiary/aromatic N) is 2. The Labute approximate surface area is 100 Å². The summed E-state index contributed by atoms with van der Waals surface area (Å²) in [5.74, 6) is 0.460. The van der Waals surface area contributed by atoms with E-state index in [1.807, 2.05) is 0 Å². The van der Waals surface area contributed by atoms with E-state index in [9.17, 15) is 8.42 Å². The summed E-state index contributed by atoms with van der Waals surface area (Å²) in [4.78, 5) is 6.45. The summed E-state index contributed by atoms with van der Waals surface area (Å²) in [5.41, 5.74) is 0. The molecule has 2 saturated heterocycles. The van der Waals surface area contributed by atoms with E-state index in [1.165, 1.54) is 12.5 Å². The molecular formula is C10H16N4O2S. The lowest BCUT2D eigenvalue weighted by atomic mass is 9.94. The number of hydrogen-bond donors (Lipinski definition) is 2. The lowest BCUT2D eigenvalue weighted by Crippen LogP contribution is -2.41. The molecule has 0 bridgehead atoms. The third-order valence-corrected chi connectivity index (χ3v) is 5.41. The van der Waals surface area contributed by atoms with Crippen LogP contribution >= 0.6 is 0 Å². The highest BCUT2D eigenvalue weighted by atomic mass is 32.2. The second-order valence-corrected chi connectivity index (χ2v) is 6.61. The summed E-state index contributed by atoms with van der Waals surface area (Å²) in [5, 5.41) is 3.59. The largest absolute Gasteiger partial charge is 0.335 e. The van der Waals surface area contributed by atoms with Gasteiger partial charge in [0.2, 0.25) is 0 Å². The smallest absolute Gasteiger partial charge is 0.260 e. The summed E-state index contributed by atoms with van der Waals surface area (Å²) in [6, 6.07) is 0.321. The first-order valence-electron chi connectivity index (χ1n) is 5.90. The van der Waals surface area contributed by atoms with Gasteiger partial charge in [-0.3, -0.25) is 0 Å². The van der Waals surface area contributed by atoms with Crippen LogP contribution in [0.15, 0.2) is 17.6 Å². The fraction of sp³-hybridized carbons (Fsp3) is 0.700. The minimum absolute atomic E-state index is 0.191. The first-order chi connectivity index (χ1) is 8.18. The molecule has 0 radical (unpaired) electrons. The molecule has 2 aliphatic heterocycles. The van der Waals surface area contributed by atoms with Gasteiger partial charge in [-0.25, -0.2) is 13.4 Å². The van der Waals surface area contributed by atoms with Gasteiger partial charge in [-0.2, -0.15) is 4.31 Å². The van der Waals surface area contributed by atoms with Crippen LogP contribution in [-0.2, 0) is 10.0 Å². The summed E-state index contributed by atoms with van der Waals surface area (Å²) in [6.07, 6.45) is 5.02. The fourth-order valence-electron chi connectivity index (χ4n) is 2.73. The van der Waals surface area contributed by atoms with Gasteiger partial charge in [0.15, 0.2) is 5.03 Å². The second kappa shape index (κ2) is 4.08. The number of imidazole rings is 1. The Bertz CT molecular complexity index is 470. The van der Waals surface area contributed by atoms with Crippen molar-refractivity contribution in [1.82, 2.24) is 19.6 Å². The van der Waals surface area contributed by atoms with Gasteiger partial charge in [0.25, 0.3) is 10.0 Å². The molecule has 0 aromatic carbocycles. The molecule has 0 saturated carbocycles. The molecular weight excluding hydrogens is 240 g/mol. The van der Waals surface area contributed by atoms with Crippen LogP contribution in [0.4, 0.5) is 0 Å². The quantitative estimate of drug-likeness (QED) is 0.767. The zero-order valence-electron chi connectivity index (χ0n) is 9.46. The number of nitrogens with one attached hydrogen (secondary N) is 2. The van der Waals surface area contributed by atoms with Crippen LogP contribution in [0.1, 0.15) is 12.8 Å². The number of aromatic nitrogens is 2. The van der Waals surface area contributed by atoms with E-state index in [2.05, 4.69) is 15.3 Å². The molecule has 1 aromatic heterocycles. The molecule has 2 N–H and O–H groups in total. The summed E-state index contributed by atoms with van der Waals surface area (Å²) < 4.78 is 26.1. The van der Waals surface area contributed by atoms with Gasteiger partial charge in [0.05, 0.1) is 12.5 Å². The van der Waals surface area contributed by atoms with E-state index in [1.54, 1.807) is 4.31 Å². The predicted molar refractivity (Wildman–Crippen MR) is 61.9 cm³/mol. The van der Waals surface area contributed by atoms with Crippen LogP contribution in [0.2, 0.25) is 0 Å². The Morgan fingerprint density at radius 2 is 2.29 bits per heavy atom. The van der Waals surface area contributed by atoms with E-state index < -0.39 is 10.0 Å². The average Bonchev–Trinajstić information content (AvgIpc) is 2.98. The third-order valence-electron chi connectivity index (χ3n) is 3.66. The van der Waals surface area contributed by atoms with Gasteiger partial charge in [-0.05, 0) is 25.3 Å². The van der Waals surface area contributed by atoms with Crippen molar-refractivity contribution in [2.45, 2.75) is 23.9 Å². The molecule has 3 heterocycles. The van der Waals surface area contributed by atoms with Gasteiger partial charge in [-0.1, -0.05) is 0 Å². The highest BCUT2D eigenvalue weighted by Crippen LogP contribution is 2.28. The number of piperidine rings is 1. The minimum Gasteiger partial charge on any atom is -0.335 e. The number of fused-ring (bicyclic) bond motifs is 1. The topological polar surface area (TPSA) is 78.1 Å². The molecule has 2 atom stereocenters. The van der Waals surface area contributed by atoms with Gasteiger partial charge in [0, 0.05) is 19.1 Å². The van der Waals surface area contributed by atoms with Crippen molar-refractivity contribution >= 4 is 10.0 Å². The van der Waals surface area contributed by atoms with E-state index in [0.717, 1.165) is 19.4 Å². The molecule has 7 heteroatoms. The van der Waals surface area contributed by atoms with Crippen molar-refractivity contribution in [3.05, 3.63) is 12.5 Å². The van der Waals surface area contributed by atoms with Crippen LogP contribution in [0.5, 0.6) is 0 Å². The molecule has 0 amide bonds. The molecule has 3 rings (SSSR count). The van der Waals surface area contributed by atoms with E-state index in [4.69, 9.17) is 0 Å². The van der Waals surface area contributed by atoms with Crippen LogP contribution < -0.4 is 5.32 Å². The Morgan fingerprint density at radius 3 is 3.00 bits per heavy atom. The lowest BCUT2D eigenvalue weighted by molar-refractivity contribution is 0.339. The second-order valence-electron chi connectivity index (χ2n) is 4.70. The van der Waals surface area contributed by atoms with Crippen molar-refractivity contribution in [3.8, 4) is 0 Å². The number of sulfonamides is 1. The van der Waals surface area contributed by atoms with Gasteiger partial charge in [-0.15, -0.1) is 0 Å². The van der Waals surface area contributed by atoms with Gasteiger partial charge in [0.1, 0.15) is 0 Å². The fourth-order valence-corrected chi connectivity index (χ4v) is 4.15. The molecule has 2 fully saturated rings. The molecule has 0 aliphatic carbocycles. The Morgan fingerprint density at radius 1 is 1.41 bits per heavy atom. The SMILES string of the molecule is O=S(=O)(c1cnc[nH]1)N1C[C@@H]2CCCN[C@@H]2C1. The summed E-state index contributed by atoms with van der Waals surface area (Å²) in [6.45, 7) is 2.20. The number of aromatic amines is 1. The lowest BCUT2D eigenvalue weighted by Gasteiger charge is -2.24. The highest BCUT2D eigenvalue weighted by molar-refractivity contribution is 7.89. The first kappa shape index (κ1) is 11.2. The Balaban J connectivity index is 1.82. The maximum absolute atomic E-state index is 12.3. The van der Waals surface area contributed by atoms with Crippen molar-refractivity contribution < 1.29 is 8.42 Å². The Kier molecular flexibility index (Phi) is 2.68. The molecule has 94 valence electrons. The maximum Gasteiger partial charge on any atom is 0.260 e. The van der Waals surface area contributed by atoms with Crippen molar-refractivity contribution in [2.24, 2.45) is 5.92 Å². The normalized spacial score (nSPS) is 30.4. The monoisotopic (exact) mass is 256 g/mol. The summed E-state index contributed by atoms with van der Waals surface area (Å²) >= 11 is 0. The molecule has 0 unspecified atom stereocenters. The van der Waals surface area contributed by atoms with E-state index in [0.29, 0.717) is 25.0 Å². The van der Waals surface area contributed by atoms with Crippen LogP contribution in [-0.4, -0.2) is 48.4 Å². The minimum atomic E-state index is -3.38. The zero-order valence-corrected chi connectivity index (χ0v) is 10.3. The summed E-state index contributed by atoms with van der Waals surface area (Å²) in [7, 11) is -3.38.